The Hall–Kier alpha value is -3.18. The molecule has 0 spiro atoms. The molecule has 11 nitrogen and oxygen atoms in total. The Kier molecular flexibility index (Phi) is 13.9. The Morgan fingerprint density at radius 3 is 2.40 bits per heavy atom. The predicted molar refractivity (Wildman–Crippen MR) is 187 cm³/mol. The maximum atomic E-state index is 14.5. The molecule has 1 aromatic carbocycles. The third kappa shape index (κ3) is 10.4. The van der Waals surface area contributed by atoms with Crippen molar-refractivity contribution < 1.29 is 38.1 Å². The van der Waals surface area contributed by atoms with Gasteiger partial charge in [-0.15, -0.1) is 0 Å². The number of amides is 3. The van der Waals surface area contributed by atoms with E-state index in [0.29, 0.717) is 68.7 Å². The Labute approximate surface area is 287 Å². The van der Waals surface area contributed by atoms with Gasteiger partial charge in [0.2, 0.25) is 5.91 Å². The van der Waals surface area contributed by atoms with E-state index in [1.807, 2.05) is 32.9 Å². The molecule has 0 aliphatic carbocycles. The number of ether oxygens (including phenoxy) is 4. The first-order valence-electron chi connectivity index (χ1n) is 17.5. The van der Waals surface area contributed by atoms with Crippen LogP contribution in [0.2, 0.25) is 0 Å². The summed E-state index contributed by atoms with van der Waals surface area (Å²) in [6.07, 6.45) is 2.42. The molecule has 0 unspecified atom stereocenters. The molecule has 1 saturated heterocycles. The van der Waals surface area contributed by atoms with Crippen LogP contribution in [-0.4, -0.2) is 92.4 Å². The maximum Gasteiger partial charge on any atom is 0.410 e. The van der Waals surface area contributed by atoms with Crippen molar-refractivity contribution in [3.05, 3.63) is 18.2 Å². The van der Waals surface area contributed by atoms with Crippen molar-refractivity contribution >= 4 is 35.1 Å². The van der Waals surface area contributed by atoms with Crippen molar-refractivity contribution in [2.45, 2.75) is 112 Å². The number of likely N-dealkylation sites (tertiary alicyclic amines) is 1. The zero-order valence-electron chi connectivity index (χ0n) is 30.9. The molecule has 0 saturated carbocycles. The lowest BCUT2D eigenvalue weighted by atomic mass is 9.83. The Morgan fingerprint density at radius 2 is 1.77 bits per heavy atom. The minimum Gasteiger partial charge on any atom is -0.476 e. The first-order chi connectivity index (χ1) is 22.5. The number of rotatable bonds is 15. The minimum absolute atomic E-state index is 0.0551. The van der Waals surface area contributed by atoms with Crippen molar-refractivity contribution in [2.24, 2.45) is 17.8 Å². The minimum atomic E-state index is -1.04. The first-order valence-corrected chi connectivity index (χ1v) is 17.5. The zero-order chi connectivity index (χ0) is 35.8. The SMILES string of the molecule is CCOC[C@@H](C)CCCC(=O)[C@H]1C[C@@H](C(=O)N(c2ccc3c(c2)N(CCCOC)C(=O)C(C)(C)O3)C(C)C)CN(C(=O)OC(C)(C)C)C1. The quantitative estimate of drug-likeness (QED) is 0.201. The molecule has 48 heavy (non-hydrogen) atoms. The van der Waals surface area contributed by atoms with Gasteiger partial charge in [-0.2, -0.15) is 0 Å². The van der Waals surface area contributed by atoms with Gasteiger partial charge in [0, 0.05) is 70.6 Å². The molecule has 2 aliphatic heterocycles. The van der Waals surface area contributed by atoms with E-state index >= 15 is 0 Å². The number of Topliss-reactive ketones (excluding diaryl/α,β-unsaturated/α-hetero) is 1. The summed E-state index contributed by atoms with van der Waals surface area (Å²) in [5, 5.41) is 0. The fourth-order valence-electron chi connectivity index (χ4n) is 6.39. The van der Waals surface area contributed by atoms with Crippen molar-refractivity contribution in [3.63, 3.8) is 0 Å². The number of hydrogen-bond donors (Lipinski definition) is 0. The standard InChI is InChI=1S/C37H59N3O8/c1-11-46-24-26(4)14-12-15-31(41)27-20-28(23-38(22-27)35(44)48-36(5,6)7)33(42)40(25(2)3)29-16-17-32-30(21-29)39(18-13-19-45-10)34(43)37(8,9)47-32/h16-17,21,25-28H,11-15,18-20,22-24H2,1-10H3/t26-,27-,28+/m0/s1. The largest absolute Gasteiger partial charge is 0.476 e. The average Bonchev–Trinajstić information content (AvgIpc) is 3.00. The molecule has 3 atom stereocenters. The van der Waals surface area contributed by atoms with Crippen LogP contribution in [0.4, 0.5) is 16.2 Å². The van der Waals surface area contributed by atoms with Gasteiger partial charge in [-0.05, 0) is 105 Å². The second-order valence-electron chi connectivity index (χ2n) is 15.0. The molecule has 2 aliphatic rings. The second kappa shape index (κ2) is 17.0. The number of carbonyl (C=O) groups is 4. The molecule has 0 radical (unpaired) electrons. The van der Waals surface area contributed by atoms with E-state index in [4.69, 9.17) is 18.9 Å². The number of benzene rings is 1. The summed E-state index contributed by atoms with van der Waals surface area (Å²) < 4.78 is 22.6. The maximum absolute atomic E-state index is 14.5. The van der Waals surface area contributed by atoms with E-state index in [2.05, 4.69) is 6.92 Å². The first kappa shape index (κ1) is 39.3. The molecule has 0 bridgehead atoms. The fraction of sp³-hybridized carbons (Fsp3) is 0.730. The van der Waals surface area contributed by atoms with Crippen LogP contribution < -0.4 is 14.5 Å². The highest BCUT2D eigenvalue weighted by Gasteiger charge is 2.43. The van der Waals surface area contributed by atoms with E-state index in [0.717, 1.165) is 12.8 Å². The van der Waals surface area contributed by atoms with E-state index in [9.17, 15) is 19.2 Å². The number of methoxy groups -OCH3 is 1. The molecule has 270 valence electrons. The number of hydrogen-bond acceptors (Lipinski definition) is 8. The summed E-state index contributed by atoms with van der Waals surface area (Å²) in [5.74, 6) is -0.494. The van der Waals surface area contributed by atoms with Crippen LogP contribution in [0.5, 0.6) is 5.75 Å². The summed E-state index contributed by atoms with van der Waals surface area (Å²) in [7, 11) is 1.63. The van der Waals surface area contributed by atoms with Crippen molar-refractivity contribution in [3.8, 4) is 5.75 Å². The number of carbonyl (C=O) groups excluding carboxylic acids is 4. The van der Waals surface area contributed by atoms with Gasteiger partial charge < -0.3 is 33.6 Å². The number of anilines is 2. The normalized spacial score (nSPS) is 19.9. The molecule has 3 amide bonds. The van der Waals surface area contributed by atoms with E-state index in [-0.39, 0.29) is 36.7 Å². The van der Waals surface area contributed by atoms with Crippen molar-refractivity contribution in [1.82, 2.24) is 4.90 Å². The topological polar surface area (TPSA) is 115 Å². The lowest BCUT2D eigenvalue weighted by molar-refractivity contribution is -0.132. The van der Waals surface area contributed by atoms with Crippen LogP contribution in [0.1, 0.15) is 94.4 Å². The molecule has 0 N–H and O–H groups in total. The number of fused-ring (bicyclic) bond motifs is 1. The van der Waals surface area contributed by atoms with Crippen LogP contribution >= 0.6 is 0 Å². The molecule has 11 heteroatoms. The van der Waals surface area contributed by atoms with Crippen molar-refractivity contribution in [2.75, 3.05) is 56.4 Å². The highest BCUT2D eigenvalue weighted by molar-refractivity contribution is 6.04. The number of nitrogens with zero attached hydrogens (tertiary/aromatic N) is 3. The predicted octanol–water partition coefficient (Wildman–Crippen LogP) is 6.25. The van der Waals surface area contributed by atoms with Gasteiger partial charge in [-0.25, -0.2) is 4.79 Å². The van der Waals surface area contributed by atoms with Crippen molar-refractivity contribution in [1.29, 1.82) is 0 Å². The van der Waals surface area contributed by atoms with E-state index in [1.165, 1.54) is 4.90 Å². The van der Waals surface area contributed by atoms with Crippen LogP contribution in [0.3, 0.4) is 0 Å². The average molecular weight is 674 g/mol. The van der Waals surface area contributed by atoms with Gasteiger partial charge in [0.05, 0.1) is 11.6 Å². The fourth-order valence-corrected chi connectivity index (χ4v) is 6.39. The van der Waals surface area contributed by atoms with Gasteiger partial charge in [0.25, 0.3) is 5.91 Å². The third-order valence-electron chi connectivity index (χ3n) is 8.75. The van der Waals surface area contributed by atoms with E-state index in [1.54, 1.807) is 57.6 Å². The summed E-state index contributed by atoms with van der Waals surface area (Å²) >= 11 is 0. The highest BCUT2D eigenvalue weighted by Crippen LogP contribution is 2.41. The molecule has 1 fully saturated rings. The van der Waals surface area contributed by atoms with Gasteiger partial charge >= 0.3 is 6.09 Å². The molecule has 3 rings (SSSR count). The molecular weight excluding hydrogens is 614 g/mol. The van der Waals surface area contributed by atoms with Gasteiger partial charge in [-0.3, -0.25) is 14.4 Å². The van der Waals surface area contributed by atoms with Crippen LogP contribution in [0, 0.1) is 17.8 Å². The summed E-state index contributed by atoms with van der Waals surface area (Å²) in [6, 6.07) is 5.22. The lowest BCUT2D eigenvalue weighted by Gasteiger charge is -2.41. The van der Waals surface area contributed by atoms with Crippen LogP contribution in [0.25, 0.3) is 0 Å². The molecular formula is C37H59N3O8. The Balaban J connectivity index is 1.90. The summed E-state index contributed by atoms with van der Waals surface area (Å²) in [6.45, 7) is 19.5. The van der Waals surface area contributed by atoms with Gasteiger partial charge in [0.15, 0.2) is 5.60 Å². The summed E-state index contributed by atoms with van der Waals surface area (Å²) in [5.41, 5.74) is -0.551. The molecule has 1 aromatic rings. The third-order valence-corrected chi connectivity index (χ3v) is 8.75. The monoisotopic (exact) mass is 673 g/mol. The Bertz CT molecular complexity index is 1270. The van der Waals surface area contributed by atoms with Gasteiger partial charge in [-0.1, -0.05) is 6.92 Å². The highest BCUT2D eigenvalue weighted by atomic mass is 16.6. The lowest BCUT2D eigenvalue weighted by Crippen LogP contribution is -2.53. The number of piperidine rings is 1. The van der Waals surface area contributed by atoms with Crippen LogP contribution in [0.15, 0.2) is 18.2 Å². The molecule has 0 aromatic heterocycles. The second-order valence-corrected chi connectivity index (χ2v) is 15.0. The molecule has 2 heterocycles. The summed E-state index contributed by atoms with van der Waals surface area (Å²) in [4.78, 5) is 59.8. The van der Waals surface area contributed by atoms with Crippen LogP contribution in [-0.2, 0) is 28.6 Å². The smallest absolute Gasteiger partial charge is 0.410 e. The van der Waals surface area contributed by atoms with E-state index < -0.39 is 29.1 Å². The Morgan fingerprint density at radius 1 is 1.08 bits per heavy atom. The van der Waals surface area contributed by atoms with Gasteiger partial charge in [0.1, 0.15) is 17.1 Å². The number of ketones is 1. The zero-order valence-corrected chi connectivity index (χ0v) is 30.9.